The number of carbonyl (C=O) groups is 1. The summed E-state index contributed by atoms with van der Waals surface area (Å²) in [5.74, 6) is 1.53. The molecule has 0 bridgehead atoms. The van der Waals surface area contributed by atoms with Crippen LogP contribution in [-0.4, -0.2) is 26.7 Å². The van der Waals surface area contributed by atoms with Gasteiger partial charge in [-0.05, 0) is 37.8 Å². The minimum Gasteiger partial charge on any atom is -0.335 e. The quantitative estimate of drug-likeness (QED) is 0.915. The zero-order chi connectivity index (χ0) is 14.9. The van der Waals surface area contributed by atoms with E-state index in [-0.39, 0.29) is 6.03 Å². The smallest absolute Gasteiger partial charge is 0.319 e. The maximum Gasteiger partial charge on any atom is 0.319 e. The molecular weight excluding hydrogens is 278 g/mol. The molecule has 116 valence electrons. The molecule has 2 heterocycles. The van der Waals surface area contributed by atoms with Crippen molar-refractivity contribution in [3.8, 4) is 0 Å². The number of pyridine rings is 1. The summed E-state index contributed by atoms with van der Waals surface area (Å²) in [6, 6.07) is 3.98. The lowest BCUT2D eigenvalue weighted by Gasteiger charge is -2.23. The van der Waals surface area contributed by atoms with Gasteiger partial charge in [-0.25, -0.2) is 4.79 Å². The second-order valence-electron chi connectivity index (χ2n) is 6.41. The summed E-state index contributed by atoms with van der Waals surface area (Å²) in [6.07, 6.45) is 10.2. The normalized spacial score (nSPS) is 19.3. The van der Waals surface area contributed by atoms with Gasteiger partial charge in [0.05, 0.1) is 5.69 Å². The summed E-state index contributed by atoms with van der Waals surface area (Å²) in [6.45, 7) is 0. The monoisotopic (exact) mass is 299 g/mol. The average Bonchev–Trinajstić information content (AvgIpc) is 3.07. The van der Waals surface area contributed by atoms with Crippen molar-refractivity contribution in [3.63, 3.8) is 0 Å². The third kappa shape index (κ3) is 2.53. The first-order valence-electron chi connectivity index (χ1n) is 8.22. The molecule has 0 radical (unpaired) electrons. The summed E-state index contributed by atoms with van der Waals surface area (Å²) in [7, 11) is 0. The fourth-order valence-electron chi connectivity index (χ4n) is 3.35. The van der Waals surface area contributed by atoms with Crippen LogP contribution in [0.4, 0.5) is 10.5 Å². The Kier molecular flexibility index (Phi) is 3.44. The van der Waals surface area contributed by atoms with Crippen molar-refractivity contribution in [1.82, 2.24) is 19.9 Å². The number of urea groups is 1. The molecule has 4 rings (SSSR count). The number of rotatable bonds is 3. The molecule has 2 fully saturated rings. The molecule has 0 aromatic carbocycles. The van der Waals surface area contributed by atoms with E-state index < -0.39 is 0 Å². The van der Waals surface area contributed by atoms with Gasteiger partial charge in [0.2, 0.25) is 0 Å². The number of amides is 2. The molecule has 2 aliphatic carbocycles. The standard InChI is InChI=1S/C16H21N5O/c22-16(17-12-6-1-2-7-12)18-13-8-9-14-19-20-15(21(14)10-13)11-4-3-5-11/h8-12H,1-7H2,(H2,17,18,22). The number of hydrogen-bond donors (Lipinski definition) is 2. The molecule has 0 saturated heterocycles. The Hall–Kier alpha value is -2.11. The molecule has 2 aromatic rings. The Morgan fingerprint density at radius 1 is 1.09 bits per heavy atom. The van der Waals surface area contributed by atoms with E-state index in [1.165, 1.54) is 32.1 Å². The minimum absolute atomic E-state index is 0.121. The molecule has 6 nitrogen and oxygen atoms in total. The summed E-state index contributed by atoms with van der Waals surface area (Å²) >= 11 is 0. The number of carbonyl (C=O) groups excluding carboxylic acids is 1. The Morgan fingerprint density at radius 3 is 2.64 bits per heavy atom. The number of hydrogen-bond acceptors (Lipinski definition) is 3. The third-order valence-electron chi connectivity index (χ3n) is 4.85. The fraction of sp³-hybridized carbons (Fsp3) is 0.562. The zero-order valence-electron chi connectivity index (χ0n) is 12.6. The van der Waals surface area contributed by atoms with E-state index in [1.807, 2.05) is 22.7 Å². The molecule has 0 spiro atoms. The largest absolute Gasteiger partial charge is 0.335 e. The first-order chi connectivity index (χ1) is 10.8. The van der Waals surface area contributed by atoms with Gasteiger partial charge in [-0.15, -0.1) is 10.2 Å². The van der Waals surface area contributed by atoms with E-state index in [2.05, 4.69) is 20.8 Å². The van der Waals surface area contributed by atoms with E-state index in [0.717, 1.165) is 30.0 Å². The highest BCUT2D eigenvalue weighted by atomic mass is 16.2. The van der Waals surface area contributed by atoms with Crippen molar-refractivity contribution in [2.75, 3.05) is 5.32 Å². The van der Waals surface area contributed by atoms with Crippen molar-refractivity contribution in [3.05, 3.63) is 24.2 Å². The molecule has 2 saturated carbocycles. The van der Waals surface area contributed by atoms with Crippen molar-refractivity contribution in [1.29, 1.82) is 0 Å². The van der Waals surface area contributed by atoms with Crippen LogP contribution in [0.5, 0.6) is 0 Å². The Morgan fingerprint density at radius 2 is 1.91 bits per heavy atom. The zero-order valence-corrected chi connectivity index (χ0v) is 12.6. The van der Waals surface area contributed by atoms with Crippen LogP contribution in [-0.2, 0) is 0 Å². The van der Waals surface area contributed by atoms with Crippen molar-refractivity contribution >= 4 is 17.4 Å². The van der Waals surface area contributed by atoms with Crippen molar-refractivity contribution in [2.24, 2.45) is 0 Å². The lowest BCUT2D eigenvalue weighted by Crippen LogP contribution is -2.36. The maximum absolute atomic E-state index is 12.1. The highest BCUT2D eigenvalue weighted by Crippen LogP contribution is 2.35. The highest BCUT2D eigenvalue weighted by molar-refractivity contribution is 5.89. The van der Waals surface area contributed by atoms with Gasteiger partial charge in [-0.3, -0.25) is 4.40 Å². The second-order valence-corrected chi connectivity index (χ2v) is 6.41. The average molecular weight is 299 g/mol. The summed E-state index contributed by atoms with van der Waals surface area (Å²) in [5.41, 5.74) is 1.62. The number of nitrogens with zero attached hydrogens (tertiary/aromatic N) is 3. The van der Waals surface area contributed by atoms with E-state index in [0.29, 0.717) is 12.0 Å². The van der Waals surface area contributed by atoms with Gasteiger partial charge in [-0.2, -0.15) is 0 Å². The Balaban J connectivity index is 1.50. The first kappa shape index (κ1) is 13.5. The van der Waals surface area contributed by atoms with Crippen LogP contribution < -0.4 is 10.6 Å². The second kappa shape index (κ2) is 5.59. The highest BCUT2D eigenvalue weighted by Gasteiger charge is 2.24. The molecule has 6 heteroatoms. The van der Waals surface area contributed by atoms with E-state index in [1.54, 1.807) is 0 Å². The predicted octanol–water partition coefficient (Wildman–Crippen LogP) is 3.06. The SMILES string of the molecule is O=C(Nc1ccc2nnc(C3CCC3)n2c1)NC1CCCC1. The number of aromatic nitrogens is 3. The first-order valence-corrected chi connectivity index (χ1v) is 8.22. The Labute approximate surface area is 129 Å². The third-order valence-corrected chi connectivity index (χ3v) is 4.85. The number of fused-ring (bicyclic) bond motifs is 1. The molecule has 2 aromatic heterocycles. The van der Waals surface area contributed by atoms with E-state index in [4.69, 9.17) is 0 Å². The van der Waals surface area contributed by atoms with Gasteiger partial charge in [0, 0.05) is 18.2 Å². The molecule has 22 heavy (non-hydrogen) atoms. The molecule has 0 unspecified atom stereocenters. The van der Waals surface area contributed by atoms with Gasteiger partial charge < -0.3 is 10.6 Å². The summed E-state index contributed by atoms with van der Waals surface area (Å²) in [4.78, 5) is 12.1. The predicted molar refractivity (Wildman–Crippen MR) is 84.0 cm³/mol. The van der Waals surface area contributed by atoms with E-state index in [9.17, 15) is 4.79 Å². The number of nitrogens with one attached hydrogen (secondary N) is 2. The molecular formula is C16H21N5O. The van der Waals surface area contributed by atoms with Crippen LogP contribution >= 0.6 is 0 Å². The molecule has 0 aliphatic heterocycles. The summed E-state index contributed by atoms with van der Waals surface area (Å²) < 4.78 is 2.01. The fourth-order valence-corrected chi connectivity index (χ4v) is 3.35. The van der Waals surface area contributed by atoms with Crippen molar-refractivity contribution < 1.29 is 4.79 Å². The van der Waals surface area contributed by atoms with Crippen LogP contribution in [0.2, 0.25) is 0 Å². The topological polar surface area (TPSA) is 71.3 Å². The maximum atomic E-state index is 12.1. The molecule has 2 N–H and O–H groups in total. The van der Waals surface area contributed by atoms with E-state index >= 15 is 0 Å². The van der Waals surface area contributed by atoms with Crippen LogP contribution in [0.3, 0.4) is 0 Å². The number of anilines is 1. The minimum atomic E-state index is -0.121. The van der Waals surface area contributed by atoms with Gasteiger partial charge in [-0.1, -0.05) is 19.3 Å². The van der Waals surface area contributed by atoms with Gasteiger partial charge in [0.1, 0.15) is 5.82 Å². The molecule has 2 amide bonds. The van der Waals surface area contributed by atoms with Crippen LogP contribution in [0.25, 0.3) is 5.65 Å². The lowest BCUT2D eigenvalue weighted by atomic mass is 9.85. The van der Waals surface area contributed by atoms with Crippen molar-refractivity contribution in [2.45, 2.75) is 56.9 Å². The van der Waals surface area contributed by atoms with Gasteiger partial charge in [0.15, 0.2) is 5.65 Å². The Bertz CT molecular complexity index is 685. The summed E-state index contributed by atoms with van der Waals surface area (Å²) in [5, 5.41) is 14.5. The molecule has 0 atom stereocenters. The van der Waals surface area contributed by atoms with Gasteiger partial charge >= 0.3 is 6.03 Å². The van der Waals surface area contributed by atoms with Crippen LogP contribution in [0, 0.1) is 0 Å². The lowest BCUT2D eigenvalue weighted by molar-refractivity contribution is 0.248. The van der Waals surface area contributed by atoms with Crippen LogP contribution in [0.1, 0.15) is 56.7 Å². The van der Waals surface area contributed by atoms with Crippen LogP contribution in [0.15, 0.2) is 18.3 Å². The van der Waals surface area contributed by atoms with Gasteiger partial charge in [0.25, 0.3) is 0 Å². The molecule has 2 aliphatic rings.